The number of amides is 2. The second kappa shape index (κ2) is 8.90. The Balaban J connectivity index is 1.64. The molecule has 1 aliphatic heterocycles. The Labute approximate surface area is 178 Å². The van der Waals surface area contributed by atoms with Crippen molar-refractivity contribution >= 4 is 11.8 Å². The van der Waals surface area contributed by atoms with E-state index in [1.807, 2.05) is 49.1 Å². The van der Waals surface area contributed by atoms with Crippen molar-refractivity contribution in [1.29, 1.82) is 0 Å². The van der Waals surface area contributed by atoms with Crippen molar-refractivity contribution in [3.63, 3.8) is 0 Å². The van der Waals surface area contributed by atoms with Gasteiger partial charge in [-0.25, -0.2) is 0 Å². The molecule has 1 fully saturated rings. The summed E-state index contributed by atoms with van der Waals surface area (Å²) >= 11 is 0. The summed E-state index contributed by atoms with van der Waals surface area (Å²) in [6, 6.07) is 16.4. The number of benzene rings is 2. The van der Waals surface area contributed by atoms with Gasteiger partial charge in [0.1, 0.15) is 5.75 Å². The molecule has 4 rings (SSSR count). The number of ether oxygens (including phenoxy) is 1. The zero-order valence-corrected chi connectivity index (χ0v) is 17.8. The van der Waals surface area contributed by atoms with Gasteiger partial charge >= 0.3 is 0 Å². The van der Waals surface area contributed by atoms with Crippen LogP contribution in [0.2, 0.25) is 0 Å². The summed E-state index contributed by atoms with van der Waals surface area (Å²) in [5.74, 6) is 0.787. The molecule has 0 bridgehead atoms. The molecular formula is C25H30N2O3. The van der Waals surface area contributed by atoms with E-state index in [0.29, 0.717) is 31.2 Å². The molecule has 1 aliphatic carbocycles. The molecule has 2 unspecified atom stereocenters. The van der Waals surface area contributed by atoms with E-state index in [1.165, 1.54) is 5.56 Å². The van der Waals surface area contributed by atoms with Gasteiger partial charge in [-0.2, -0.15) is 0 Å². The normalized spacial score (nSPS) is 19.0. The summed E-state index contributed by atoms with van der Waals surface area (Å²) in [6.45, 7) is 4.58. The molecule has 0 aromatic heterocycles. The summed E-state index contributed by atoms with van der Waals surface area (Å²) in [4.78, 5) is 27.2. The number of carbonyl (C=O) groups excluding carboxylic acids is 2. The van der Waals surface area contributed by atoms with Crippen molar-refractivity contribution in [2.45, 2.75) is 64.1 Å². The summed E-state index contributed by atoms with van der Waals surface area (Å²) in [5, 5.41) is 3.03. The number of rotatable bonds is 7. The lowest BCUT2D eigenvalue weighted by atomic mass is 9.87. The van der Waals surface area contributed by atoms with Crippen LogP contribution in [0.4, 0.5) is 0 Å². The number of carbonyl (C=O) groups is 2. The maximum absolute atomic E-state index is 12.7. The van der Waals surface area contributed by atoms with E-state index >= 15 is 0 Å². The van der Waals surface area contributed by atoms with E-state index in [-0.39, 0.29) is 17.9 Å². The predicted octanol–water partition coefficient (Wildman–Crippen LogP) is 4.01. The highest BCUT2D eigenvalue weighted by molar-refractivity contribution is 5.81. The standard InChI is InChI=1S/C25H30N2O3/c1-3-22(25(29)26-19-11-12-19)30-20-13-10-17-14-15-27(23(28)4-2)24(21(17)16-20)18-8-6-5-7-9-18/h5-10,13,16,19,22,24H,3-4,11-12,14-15H2,1-2H3,(H,26,29). The SMILES string of the molecule is CCC(=O)N1CCc2ccc(OC(CC)C(=O)NC3CC3)cc2C1c1ccccc1. The van der Waals surface area contributed by atoms with Crippen molar-refractivity contribution < 1.29 is 14.3 Å². The Morgan fingerprint density at radius 2 is 1.90 bits per heavy atom. The van der Waals surface area contributed by atoms with Crippen molar-refractivity contribution in [3.8, 4) is 5.75 Å². The fraction of sp³-hybridized carbons (Fsp3) is 0.440. The fourth-order valence-corrected chi connectivity index (χ4v) is 4.14. The summed E-state index contributed by atoms with van der Waals surface area (Å²) in [7, 11) is 0. The third kappa shape index (κ3) is 4.35. The molecule has 5 nitrogen and oxygen atoms in total. The minimum absolute atomic E-state index is 0.0416. The minimum atomic E-state index is -0.504. The lowest BCUT2D eigenvalue weighted by molar-refractivity contribution is -0.133. The van der Waals surface area contributed by atoms with Gasteiger partial charge in [0.25, 0.3) is 5.91 Å². The Bertz CT molecular complexity index is 908. The van der Waals surface area contributed by atoms with Gasteiger partial charge in [0, 0.05) is 19.0 Å². The van der Waals surface area contributed by atoms with Crippen LogP contribution in [-0.2, 0) is 16.0 Å². The molecule has 1 N–H and O–H groups in total. The van der Waals surface area contributed by atoms with E-state index in [2.05, 4.69) is 23.5 Å². The van der Waals surface area contributed by atoms with Crippen LogP contribution in [0.1, 0.15) is 62.3 Å². The van der Waals surface area contributed by atoms with Gasteiger partial charge in [0.05, 0.1) is 6.04 Å². The van der Waals surface area contributed by atoms with Crippen LogP contribution in [0.25, 0.3) is 0 Å². The molecule has 0 saturated heterocycles. The molecule has 30 heavy (non-hydrogen) atoms. The lowest BCUT2D eigenvalue weighted by Crippen LogP contribution is -2.40. The molecule has 1 heterocycles. The van der Waals surface area contributed by atoms with Gasteiger partial charge in [0.2, 0.25) is 5.91 Å². The molecule has 158 valence electrons. The fourth-order valence-electron chi connectivity index (χ4n) is 4.14. The van der Waals surface area contributed by atoms with E-state index in [9.17, 15) is 9.59 Å². The van der Waals surface area contributed by atoms with Gasteiger partial charge in [-0.15, -0.1) is 0 Å². The maximum Gasteiger partial charge on any atom is 0.261 e. The molecule has 2 amide bonds. The van der Waals surface area contributed by atoms with Crippen LogP contribution in [0, 0.1) is 0 Å². The van der Waals surface area contributed by atoms with E-state index in [4.69, 9.17) is 4.74 Å². The van der Waals surface area contributed by atoms with Crippen LogP contribution >= 0.6 is 0 Å². The lowest BCUT2D eigenvalue weighted by Gasteiger charge is -2.38. The molecule has 5 heteroatoms. The van der Waals surface area contributed by atoms with Crippen LogP contribution in [0.15, 0.2) is 48.5 Å². The molecule has 2 atom stereocenters. The zero-order valence-electron chi connectivity index (χ0n) is 17.8. The first kappa shape index (κ1) is 20.5. The van der Waals surface area contributed by atoms with Crippen LogP contribution < -0.4 is 10.1 Å². The topological polar surface area (TPSA) is 58.6 Å². The van der Waals surface area contributed by atoms with Crippen molar-refractivity contribution in [2.75, 3.05) is 6.54 Å². The molecule has 0 radical (unpaired) electrons. The molecule has 2 aliphatic rings. The Hall–Kier alpha value is -2.82. The van der Waals surface area contributed by atoms with Gasteiger partial charge in [-0.3, -0.25) is 9.59 Å². The van der Waals surface area contributed by atoms with Crippen molar-refractivity contribution in [2.24, 2.45) is 0 Å². The highest BCUT2D eigenvalue weighted by Gasteiger charge is 2.32. The monoisotopic (exact) mass is 406 g/mol. The average Bonchev–Trinajstić information content (AvgIpc) is 3.60. The smallest absolute Gasteiger partial charge is 0.261 e. The molecule has 1 saturated carbocycles. The van der Waals surface area contributed by atoms with Crippen molar-refractivity contribution in [3.05, 3.63) is 65.2 Å². The summed E-state index contributed by atoms with van der Waals surface area (Å²) in [5.41, 5.74) is 3.41. The van der Waals surface area contributed by atoms with E-state index in [1.54, 1.807) is 0 Å². The minimum Gasteiger partial charge on any atom is -0.481 e. The van der Waals surface area contributed by atoms with Gasteiger partial charge in [-0.05, 0) is 54.5 Å². The third-order valence-electron chi connectivity index (χ3n) is 5.95. The number of fused-ring (bicyclic) bond motifs is 1. The van der Waals surface area contributed by atoms with Gasteiger partial charge in [0.15, 0.2) is 6.10 Å². The largest absolute Gasteiger partial charge is 0.481 e. The quantitative estimate of drug-likeness (QED) is 0.756. The number of nitrogens with zero attached hydrogens (tertiary/aromatic N) is 1. The number of hydrogen-bond acceptors (Lipinski definition) is 3. The highest BCUT2D eigenvalue weighted by atomic mass is 16.5. The highest BCUT2D eigenvalue weighted by Crippen LogP contribution is 2.37. The van der Waals surface area contributed by atoms with Crippen molar-refractivity contribution in [1.82, 2.24) is 10.2 Å². The Morgan fingerprint density at radius 1 is 1.13 bits per heavy atom. The first-order chi connectivity index (χ1) is 14.6. The molecule has 2 aromatic carbocycles. The Morgan fingerprint density at radius 3 is 2.57 bits per heavy atom. The van der Waals surface area contributed by atoms with Gasteiger partial charge in [-0.1, -0.05) is 50.2 Å². The maximum atomic E-state index is 12.7. The number of hydrogen-bond donors (Lipinski definition) is 1. The summed E-state index contributed by atoms with van der Waals surface area (Å²) in [6.07, 6.45) is 3.52. The van der Waals surface area contributed by atoms with Crippen LogP contribution in [-0.4, -0.2) is 35.4 Å². The van der Waals surface area contributed by atoms with Gasteiger partial charge < -0.3 is 15.0 Å². The molecule has 2 aromatic rings. The first-order valence-corrected chi connectivity index (χ1v) is 11.0. The van der Waals surface area contributed by atoms with Crippen LogP contribution in [0.3, 0.4) is 0 Å². The third-order valence-corrected chi connectivity index (χ3v) is 5.95. The second-order valence-corrected chi connectivity index (χ2v) is 8.16. The predicted molar refractivity (Wildman–Crippen MR) is 116 cm³/mol. The van der Waals surface area contributed by atoms with E-state index < -0.39 is 6.10 Å². The first-order valence-electron chi connectivity index (χ1n) is 11.0. The number of nitrogens with one attached hydrogen (secondary N) is 1. The second-order valence-electron chi connectivity index (χ2n) is 8.16. The Kier molecular flexibility index (Phi) is 6.07. The van der Waals surface area contributed by atoms with E-state index in [0.717, 1.165) is 30.4 Å². The summed E-state index contributed by atoms with van der Waals surface area (Å²) < 4.78 is 6.11. The molecule has 0 spiro atoms. The van der Waals surface area contributed by atoms with Crippen LogP contribution in [0.5, 0.6) is 5.75 Å². The average molecular weight is 407 g/mol. The zero-order chi connectivity index (χ0) is 21.1. The molecular weight excluding hydrogens is 376 g/mol.